The van der Waals surface area contributed by atoms with Crippen molar-refractivity contribution in [2.75, 3.05) is 13.2 Å². The molecule has 9 heteroatoms. The number of aromatic nitrogens is 3. The molecule has 7 rings (SSSR count). The van der Waals surface area contributed by atoms with Gasteiger partial charge in [-0.05, 0) is 30.9 Å². The number of rotatable bonds is 0. The molecule has 1 N–H and O–H groups in total. The van der Waals surface area contributed by atoms with Gasteiger partial charge in [-0.25, -0.2) is 19.0 Å². The molecule has 5 heterocycles. The number of carbonyl (C=O) groups excluding carboxylic acids is 1. The molecule has 3 aliphatic heterocycles. The van der Waals surface area contributed by atoms with Crippen molar-refractivity contribution >= 4 is 17.6 Å². The summed E-state index contributed by atoms with van der Waals surface area (Å²) < 4.78 is 22.3. The number of pyridine rings is 1. The van der Waals surface area contributed by atoms with Gasteiger partial charge in [-0.3, -0.25) is 4.79 Å². The molecule has 2 aromatic heterocycles. The fraction of sp³-hybridized carbons (Fsp3) is 0.455. The fourth-order valence-electron chi connectivity index (χ4n) is 5.65. The Balaban J connectivity index is 1.45. The third kappa shape index (κ3) is 2.18. The van der Waals surface area contributed by atoms with Gasteiger partial charge < -0.3 is 15.0 Å². The van der Waals surface area contributed by atoms with Crippen LogP contribution in [0.2, 0.25) is 0 Å². The molecule has 8 nitrogen and oxygen atoms in total. The molecular weight excluding hydrogens is 399 g/mol. The SMILES string of the molecule is C=C1[C@@H]2CCN3C4=Nc5c(cnn5CC4)C(=O)NC4(CC4)COc4ncc(F)cc4[C@@]123. The van der Waals surface area contributed by atoms with Gasteiger partial charge in [-0.2, -0.15) is 5.10 Å². The summed E-state index contributed by atoms with van der Waals surface area (Å²) in [5.74, 6) is 1.50. The molecular formula is C22H21FN6O2. The van der Waals surface area contributed by atoms with Crippen LogP contribution in [0.4, 0.5) is 10.2 Å². The first-order chi connectivity index (χ1) is 15.0. The van der Waals surface area contributed by atoms with E-state index < -0.39 is 16.9 Å². The van der Waals surface area contributed by atoms with Gasteiger partial charge in [0.25, 0.3) is 5.91 Å². The standard InChI is InChI=1S/C22H21FN6O2/c1-12-15-2-6-28-17-3-7-29-18(26-17)14(10-25-29)19(30)27-21(4-5-21)11-31-20-16(22(12,15)28)8-13(23)9-24-20/h8-10,15H,1-7,11H2,(H,27,30)/t15-,22+/m0/s1. The third-order valence-corrected chi connectivity index (χ3v) is 7.49. The summed E-state index contributed by atoms with van der Waals surface area (Å²) in [4.78, 5) is 24.5. The highest BCUT2D eigenvalue weighted by molar-refractivity contribution is 6.00. The zero-order valence-corrected chi connectivity index (χ0v) is 16.9. The Kier molecular flexibility index (Phi) is 3.11. The summed E-state index contributed by atoms with van der Waals surface area (Å²) in [6, 6.07) is 1.53. The van der Waals surface area contributed by atoms with E-state index in [-0.39, 0.29) is 18.4 Å². The van der Waals surface area contributed by atoms with Gasteiger partial charge in [-0.15, -0.1) is 0 Å². The van der Waals surface area contributed by atoms with Crippen molar-refractivity contribution in [3.8, 4) is 5.88 Å². The lowest BCUT2D eigenvalue weighted by Gasteiger charge is -2.34. The molecule has 2 spiro atoms. The summed E-state index contributed by atoms with van der Waals surface area (Å²) >= 11 is 0. The maximum absolute atomic E-state index is 14.4. The van der Waals surface area contributed by atoms with E-state index in [0.717, 1.165) is 37.2 Å². The molecule has 5 aliphatic rings. The smallest absolute Gasteiger partial charge is 0.257 e. The predicted octanol–water partition coefficient (Wildman–Crippen LogP) is 2.29. The molecule has 2 aromatic rings. The normalized spacial score (nSPS) is 29.4. The van der Waals surface area contributed by atoms with Crippen molar-refractivity contribution in [2.45, 2.75) is 43.3 Å². The van der Waals surface area contributed by atoms with Crippen LogP contribution in [0.1, 0.15) is 41.6 Å². The number of hydrogen-bond acceptors (Lipinski definition) is 6. The fourth-order valence-corrected chi connectivity index (χ4v) is 5.65. The Morgan fingerprint density at radius 1 is 1.29 bits per heavy atom. The van der Waals surface area contributed by atoms with Gasteiger partial charge in [0.15, 0.2) is 5.82 Å². The third-order valence-electron chi connectivity index (χ3n) is 7.49. The number of carbonyl (C=O) groups is 1. The number of fused-ring (bicyclic) bond motifs is 2. The average Bonchev–Trinajstić information content (AvgIpc) is 3.49. The quantitative estimate of drug-likeness (QED) is 0.661. The topological polar surface area (TPSA) is 84.6 Å². The van der Waals surface area contributed by atoms with E-state index >= 15 is 0 Å². The zero-order valence-electron chi connectivity index (χ0n) is 16.9. The van der Waals surface area contributed by atoms with Gasteiger partial charge in [0.05, 0.1) is 30.0 Å². The van der Waals surface area contributed by atoms with Gasteiger partial charge in [0.2, 0.25) is 5.88 Å². The van der Waals surface area contributed by atoms with Crippen molar-refractivity contribution in [2.24, 2.45) is 10.9 Å². The van der Waals surface area contributed by atoms with E-state index in [9.17, 15) is 9.18 Å². The van der Waals surface area contributed by atoms with E-state index in [1.165, 1.54) is 12.3 Å². The maximum Gasteiger partial charge on any atom is 0.257 e. The molecule has 3 fully saturated rings. The maximum atomic E-state index is 14.4. The molecule has 1 amide bonds. The Morgan fingerprint density at radius 2 is 2.16 bits per heavy atom. The lowest BCUT2D eigenvalue weighted by Crippen LogP contribution is -2.41. The molecule has 2 atom stereocenters. The van der Waals surface area contributed by atoms with Crippen LogP contribution >= 0.6 is 0 Å². The second-order valence-corrected chi connectivity index (χ2v) is 9.20. The van der Waals surface area contributed by atoms with Crippen LogP contribution in [-0.4, -0.2) is 50.1 Å². The second-order valence-electron chi connectivity index (χ2n) is 9.20. The van der Waals surface area contributed by atoms with Crippen molar-refractivity contribution in [1.29, 1.82) is 0 Å². The number of nitrogens with one attached hydrogen (secondary N) is 1. The van der Waals surface area contributed by atoms with Gasteiger partial charge in [0, 0.05) is 24.4 Å². The summed E-state index contributed by atoms with van der Waals surface area (Å²) in [6.07, 6.45) is 6.02. The molecule has 158 valence electrons. The average molecular weight is 420 g/mol. The van der Waals surface area contributed by atoms with Crippen molar-refractivity contribution in [3.05, 3.63) is 47.6 Å². The van der Waals surface area contributed by atoms with E-state index in [0.29, 0.717) is 35.8 Å². The number of amides is 1. The van der Waals surface area contributed by atoms with Crippen molar-refractivity contribution in [1.82, 2.24) is 25.0 Å². The predicted molar refractivity (Wildman–Crippen MR) is 109 cm³/mol. The molecule has 2 aliphatic carbocycles. The molecule has 1 saturated heterocycles. The number of piperidine rings is 1. The molecule has 0 unspecified atom stereocenters. The van der Waals surface area contributed by atoms with Crippen LogP contribution in [-0.2, 0) is 12.1 Å². The lowest BCUT2D eigenvalue weighted by atomic mass is 10.0. The number of nitrogens with zero attached hydrogens (tertiary/aromatic N) is 5. The van der Waals surface area contributed by atoms with E-state index in [2.05, 4.69) is 26.9 Å². The highest BCUT2D eigenvalue weighted by Gasteiger charge is 2.69. The van der Waals surface area contributed by atoms with Gasteiger partial charge in [0.1, 0.15) is 23.8 Å². The van der Waals surface area contributed by atoms with Crippen molar-refractivity contribution < 1.29 is 13.9 Å². The number of amidine groups is 1. The number of aryl methyl sites for hydroxylation is 1. The van der Waals surface area contributed by atoms with Crippen LogP contribution in [0, 0.1) is 11.7 Å². The number of aliphatic imine (C=N–C) groups is 1. The Labute approximate surface area is 177 Å². The van der Waals surface area contributed by atoms with Crippen LogP contribution in [0.5, 0.6) is 5.88 Å². The minimum absolute atomic E-state index is 0.191. The van der Waals surface area contributed by atoms with Gasteiger partial charge in [-0.1, -0.05) is 6.58 Å². The Bertz CT molecular complexity index is 1210. The summed E-state index contributed by atoms with van der Waals surface area (Å²) in [7, 11) is 0. The summed E-state index contributed by atoms with van der Waals surface area (Å²) in [6.45, 7) is 6.04. The molecule has 0 aromatic carbocycles. The molecule has 31 heavy (non-hydrogen) atoms. The minimum Gasteiger partial charge on any atom is -0.475 e. The second kappa shape index (κ2) is 5.52. The molecule has 2 saturated carbocycles. The Morgan fingerprint density at radius 3 is 2.97 bits per heavy atom. The first kappa shape index (κ1) is 17.5. The Hall–Kier alpha value is -3.23. The van der Waals surface area contributed by atoms with E-state index in [1.807, 2.05) is 0 Å². The van der Waals surface area contributed by atoms with Crippen LogP contribution in [0.25, 0.3) is 0 Å². The summed E-state index contributed by atoms with van der Waals surface area (Å²) in [5, 5.41) is 7.50. The number of hydrogen-bond donors (Lipinski definition) is 1. The number of ether oxygens (including phenoxy) is 1. The van der Waals surface area contributed by atoms with Crippen molar-refractivity contribution in [3.63, 3.8) is 0 Å². The highest BCUT2D eigenvalue weighted by atomic mass is 19.1. The first-order valence-electron chi connectivity index (χ1n) is 10.7. The van der Waals surface area contributed by atoms with E-state index in [1.54, 1.807) is 10.9 Å². The van der Waals surface area contributed by atoms with Crippen LogP contribution in [0.3, 0.4) is 0 Å². The summed E-state index contributed by atoms with van der Waals surface area (Å²) in [5.41, 5.74) is 1.24. The largest absolute Gasteiger partial charge is 0.475 e. The molecule has 2 bridgehead atoms. The monoisotopic (exact) mass is 420 g/mol. The minimum atomic E-state index is -0.548. The lowest BCUT2D eigenvalue weighted by molar-refractivity contribution is 0.0912. The number of halogens is 1. The highest BCUT2D eigenvalue weighted by Crippen LogP contribution is 2.68. The van der Waals surface area contributed by atoms with Crippen LogP contribution < -0.4 is 10.1 Å². The zero-order chi connectivity index (χ0) is 21.0. The van der Waals surface area contributed by atoms with E-state index in [4.69, 9.17) is 9.73 Å². The van der Waals surface area contributed by atoms with Crippen LogP contribution in [0.15, 0.2) is 35.6 Å². The van der Waals surface area contributed by atoms with Gasteiger partial charge >= 0.3 is 0 Å². The first-order valence-corrected chi connectivity index (χ1v) is 10.7. The molecule has 0 radical (unpaired) electrons.